The summed E-state index contributed by atoms with van der Waals surface area (Å²) in [4.78, 5) is 9.28. The number of rotatable bonds is 11. The van der Waals surface area contributed by atoms with Gasteiger partial charge >= 0.3 is 0 Å². The second-order valence-corrected chi connectivity index (χ2v) is 7.53. The van der Waals surface area contributed by atoms with Crippen LogP contribution in [0.4, 0.5) is 0 Å². The molecule has 1 fully saturated rings. The maximum absolute atomic E-state index is 5.64. The van der Waals surface area contributed by atoms with E-state index in [1.807, 2.05) is 0 Å². The average Bonchev–Trinajstić information content (AvgIpc) is 3.26. The lowest BCUT2D eigenvalue weighted by atomic mass is 10.2. The molecule has 1 heterocycles. The predicted octanol–water partition coefficient (Wildman–Crippen LogP) is 3.80. The van der Waals surface area contributed by atoms with E-state index in [9.17, 15) is 0 Å². The first-order valence-corrected chi connectivity index (χ1v) is 10.1. The summed E-state index contributed by atoms with van der Waals surface area (Å²) in [6.45, 7) is 10.7. The Labute approximate surface area is 173 Å². The molecule has 0 unspecified atom stereocenters. The van der Waals surface area contributed by atoms with Crippen LogP contribution in [-0.2, 0) is 11.2 Å². The van der Waals surface area contributed by atoms with Crippen LogP contribution in [0.2, 0.25) is 0 Å². The van der Waals surface area contributed by atoms with Gasteiger partial charge in [-0.15, -0.1) is 35.3 Å². The fourth-order valence-corrected chi connectivity index (χ4v) is 3.11. The second-order valence-electron chi connectivity index (χ2n) is 6.64. The number of thiazole rings is 1. The summed E-state index contributed by atoms with van der Waals surface area (Å²) in [6, 6.07) is 0. The monoisotopic (exact) mass is 480 g/mol. The quantitative estimate of drug-likeness (QED) is 0.219. The summed E-state index contributed by atoms with van der Waals surface area (Å²) < 4.78 is 5.64. The third-order valence-corrected chi connectivity index (χ3v) is 5.04. The fourth-order valence-electron chi connectivity index (χ4n) is 2.25. The molecule has 7 heteroatoms. The molecular formula is C18H33IN4OS. The number of halogens is 1. The van der Waals surface area contributed by atoms with Gasteiger partial charge < -0.3 is 15.4 Å². The number of hydrogen-bond donors (Lipinski definition) is 2. The van der Waals surface area contributed by atoms with E-state index in [-0.39, 0.29) is 24.0 Å². The van der Waals surface area contributed by atoms with Gasteiger partial charge in [-0.1, -0.05) is 13.8 Å². The number of guanidine groups is 1. The summed E-state index contributed by atoms with van der Waals surface area (Å²) >= 11 is 1.76. The molecule has 2 rings (SSSR count). The van der Waals surface area contributed by atoms with Gasteiger partial charge in [0, 0.05) is 50.6 Å². The van der Waals surface area contributed by atoms with Crippen LogP contribution in [-0.4, -0.2) is 43.8 Å². The van der Waals surface area contributed by atoms with Crippen LogP contribution in [0, 0.1) is 5.92 Å². The zero-order chi connectivity index (χ0) is 17.2. The third-order valence-electron chi connectivity index (χ3n) is 3.85. The molecule has 1 aromatic rings. The summed E-state index contributed by atoms with van der Waals surface area (Å²) in [5.41, 5.74) is 1.17. The van der Waals surface area contributed by atoms with Gasteiger partial charge in [0.05, 0.1) is 10.7 Å². The average molecular weight is 480 g/mol. The van der Waals surface area contributed by atoms with Crippen molar-refractivity contribution in [2.75, 3.05) is 32.8 Å². The molecule has 1 aliphatic carbocycles. The van der Waals surface area contributed by atoms with Crippen molar-refractivity contribution in [1.82, 2.24) is 15.6 Å². The zero-order valence-electron chi connectivity index (χ0n) is 15.7. The Hall–Kier alpha value is -0.410. The highest BCUT2D eigenvalue weighted by Gasteiger charge is 2.20. The van der Waals surface area contributed by atoms with Crippen molar-refractivity contribution >= 4 is 41.3 Å². The van der Waals surface area contributed by atoms with Crippen LogP contribution >= 0.6 is 35.3 Å². The number of nitrogens with one attached hydrogen (secondary N) is 2. The Kier molecular flexibility index (Phi) is 11.6. The predicted molar refractivity (Wildman–Crippen MR) is 117 cm³/mol. The number of hydrogen-bond acceptors (Lipinski definition) is 4. The lowest BCUT2D eigenvalue weighted by molar-refractivity contribution is 0.123. The molecule has 144 valence electrons. The summed E-state index contributed by atoms with van der Waals surface area (Å²) in [5.74, 6) is 2.24. The molecule has 1 saturated carbocycles. The zero-order valence-corrected chi connectivity index (χ0v) is 18.9. The van der Waals surface area contributed by atoms with E-state index in [2.05, 4.69) is 46.8 Å². The maximum atomic E-state index is 5.64. The third kappa shape index (κ3) is 9.75. The summed E-state index contributed by atoms with van der Waals surface area (Å²) in [6.07, 6.45) is 4.61. The van der Waals surface area contributed by atoms with Crippen LogP contribution in [0.15, 0.2) is 10.4 Å². The molecule has 0 bridgehead atoms. The van der Waals surface area contributed by atoms with Crippen LogP contribution in [0.1, 0.15) is 56.7 Å². The SMILES string of the molecule is CCNC(=NCCCOCC1CC1)NCCc1csc(C(C)C)n1.I. The topological polar surface area (TPSA) is 58.5 Å². The van der Waals surface area contributed by atoms with Gasteiger partial charge in [-0.2, -0.15) is 0 Å². The van der Waals surface area contributed by atoms with E-state index in [1.54, 1.807) is 11.3 Å². The first-order valence-electron chi connectivity index (χ1n) is 9.23. The van der Waals surface area contributed by atoms with Gasteiger partial charge in [0.1, 0.15) is 0 Å². The fraction of sp³-hybridized carbons (Fsp3) is 0.778. The number of nitrogens with zero attached hydrogens (tertiary/aromatic N) is 2. The van der Waals surface area contributed by atoms with Crippen molar-refractivity contribution in [3.05, 3.63) is 16.1 Å². The van der Waals surface area contributed by atoms with E-state index in [4.69, 9.17) is 4.74 Å². The lowest BCUT2D eigenvalue weighted by Crippen LogP contribution is -2.38. The number of ether oxygens (including phenoxy) is 1. The van der Waals surface area contributed by atoms with Gasteiger partial charge in [-0.05, 0) is 32.1 Å². The van der Waals surface area contributed by atoms with Crippen molar-refractivity contribution in [3.8, 4) is 0 Å². The molecular weight excluding hydrogens is 447 g/mol. The van der Waals surface area contributed by atoms with Crippen molar-refractivity contribution in [1.29, 1.82) is 0 Å². The van der Waals surface area contributed by atoms with E-state index < -0.39 is 0 Å². The molecule has 25 heavy (non-hydrogen) atoms. The normalized spacial score (nSPS) is 14.5. The van der Waals surface area contributed by atoms with Crippen molar-refractivity contribution < 1.29 is 4.74 Å². The van der Waals surface area contributed by atoms with Gasteiger partial charge in [-0.3, -0.25) is 4.99 Å². The lowest BCUT2D eigenvalue weighted by Gasteiger charge is -2.10. The summed E-state index contributed by atoms with van der Waals surface area (Å²) in [5, 5.41) is 10.1. The van der Waals surface area contributed by atoms with Crippen molar-refractivity contribution in [3.63, 3.8) is 0 Å². The molecule has 0 saturated heterocycles. The molecule has 0 aromatic carbocycles. The van der Waals surface area contributed by atoms with E-state index in [1.165, 1.54) is 23.5 Å². The van der Waals surface area contributed by atoms with Gasteiger partial charge in [-0.25, -0.2) is 4.98 Å². The highest BCUT2D eigenvalue weighted by atomic mass is 127. The summed E-state index contributed by atoms with van der Waals surface area (Å²) in [7, 11) is 0. The van der Waals surface area contributed by atoms with E-state index in [0.29, 0.717) is 5.92 Å². The second kappa shape index (κ2) is 12.9. The highest BCUT2D eigenvalue weighted by Crippen LogP contribution is 2.28. The Morgan fingerprint density at radius 3 is 2.84 bits per heavy atom. The van der Waals surface area contributed by atoms with E-state index >= 15 is 0 Å². The molecule has 2 N–H and O–H groups in total. The minimum atomic E-state index is 0. The Balaban J connectivity index is 0.00000312. The Bertz CT molecular complexity index is 503. The molecule has 1 aliphatic rings. The van der Waals surface area contributed by atoms with Gasteiger partial charge in [0.15, 0.2) is 5.96 Å². The van der Waals surface area contributed by atoms with Crippen LogP contribution in [0.25, 0.3) is 0 Å². The molecule has 0 atom stereocenters. The minimum Gasteiger partial charge on any atom is -0.381 e. The Morgan fingerprint density at radius 1 is 1.40 bits per heavy atom. The van der Waals surface area contributed by atoms with Crippen molar-refractivity contribution in [2.24, 2.45) is 10.9 Å². The number of aromatic nitrogens is 1. The number of aliphatic imine (C=N–C) groups is 1. The molecule has 0 radical (unpaired) electrons. The standard InChI is InChI=1S/C18H32N4OS.HI/c1-4-19-18(20-9-5-11-23-12-15-6-7-15)21-10-8-16-13-24-17(22-16)14(2)3;/h13-15H,4-12H2,1-3H3,(H2,19,20,21);1H. The Morgan fingerprint density at radius 2 is 2.20 bits per heavy atom. The van der Waals surface area contributed by atoms with E-state index in [0.717, 1.165) is 57.6 Å². The van der Waals surface area contributed by atoms with Crippen LogP contribution < -0.4 is 10.6 Å². The van der Waals surface area contributed by atoms with Crippen LogP contribution in [0.3, 0.4) is 0 Å². The maximum Gasteiger partial charge on any atom is 0.191 e. The minimum absolute atomic E-state index is 0. The van der Waals surface area contributed by atoms with Gasteiger partial charge in [0.2, 0.25) is 0 Å². The largest absolute Gasteiger partial charge is 0.381 e. The van der Waals surface area contributed by atoms with Crippen molar-refractivity contribution in [2.45, 2.75) is 52.4 Å². The molecule has 5 nitrogen and oxygen atoms in total. The van der Waals surface area contributed by atoms with Gasteiger partial charge in [0.25, 0.3) is 0 Å². The molecule has 0 aliphatic heterocycles. The van der Waals surface area contributed by atoms with Crippen LogP contribution in [0.5, 0.6) is 0 Å². The smallest absolute Gasteiger partial charge is 0.191 e. The first kappa shape index (κ1) is 22.6. The first-order chi connectivity index (χ1) is 11.7. The molecule has 1 aromatic heterocycles. The molecule has 0 amide bonds. The molecule has 0 spiro atoms. The highest BCUT2D eigenvalue weighted by molar-refractivity contribution is 14.0.